The lowest BCUT2D eigenvalue weighted by Crippen LogP contribution is -2.50. The zero-order valence-electron chi connectivity index (χ0n) is 15.1. The number of hydrogen-bond acceptors (Lipinski definition) is 2. The van der Waals surface area contributed by atoms with Crippen LogP contribution in [0.15, 0.2) is 48.5 Å². The largest absolute Gasteiger partial charge is 0.416 e. The Labute approximate surface area is 156 Å². The van der Waals surface area contributed by atoms with Crippen LogP contribution in [0.1, 0.15) is 18.1 Å². The molecular weight excluding hydrogens is 355 g/mol. The highest BCUT2D eigenvalue weighted by Crippen LogP contribution is 2.30. The minimum Gasteiger partial charge on any atom is -0.368 e. The normalized spacial score (nSPS) is 15.0. The molecule has 27 heavy (non-hydrogen) atoms. The Kier molecular flexibility index (Phi) is 5.58. The lowest BCUT2D eigenvalue weighted by Gasteiger charge is -2.36. The number of halogens is 3. The molecule has 1 fully saturated rings. The summed E-state index contributed by atoms with van der Waals surface area (Å²) in [7, 11) is 0. The van der Waals surface area contributed by atoms with Gasteiger partial charge in [-0.1, -0.05) is 25.1 Å². The van der Waals surface area contributed by atoms with Crippen LogP contribution in [0, 0.1) is 0 Å². The number of nitrogens with one attached hydrogen (secondary N) is 1. The number of piperazine rings is 1. The Bertz CT molecular complexity index is 782. The van der Waals surface area contributed by atoms with E-state index in [1.807, 2.05) is 0 Å². The quantitative estimate of drug-likeness (QED) is 0.847. The second-order valence-corrected chi connectivity index (χ2v) is 6.50. The van der Waals surface area contributed by atoms with Crippen LogP contribution in [-0.4, -0.2) is 37.1 Å². The van der Waals surface area contributed by atoms with E-state index < -0.39 is 11.7 Å². The third kappa shape index (κ3) is 4.72. The van der Waals surface area contributed by atoms with Crippen molar-refractivity contribution in [2.75, 3.05) is 36.4 Å². The summed E-state index contributed by atoms with van der Waals surface area (Å²) in [6.45, 7) is 4.50. The molecule has 0 spiro atoms. The first-order valence-electron chi connectivity index (χ1n) is 8.94. The molecule has 1 aliphatic heterocycles. The van der Waals surface area contributed by atoms with E-state index in [0.29, 0.717) is 26.2 Å². The van der Waals surface area contributed by atoms with Gasteiger partial charge in [0.15, 0.2) is 0 Å². The van der Waals surface area contributed by atoms with Gasteiger partial charge in [0.1, 0.15) is 0 Å². The van der Waals surface area contributed by atoms with Crippen LogP contribution in [-0.2, 0) is 12.6 Å². The number of carbonyl (C=O) groups excluding carboxylic acids is 1. The average Bonchev–Trinajstić information content (AvgIpc) is 2.68. The lowest BCUT2D eigenvalue weighted by atomic mass is 10.1. The van der Waals surface area contributed by atoms with E-state index >= 15 is 0 Å². The summed E-state index contributed by atoms with van der Waals surface area (Å²) >= 11 is 0. The maximum Gasteiger partial charge on any atom is 0.416 e. The molecule has 0 radical (unpaired) electrons. The summed E-state index contributed by atoms with van der Waals surface area (Å²) < 4.78 is 38.3. The third-order valence-electron chi connectivity index (χ3n) is 4.72. The predicted molar refractivity (Wildman–Crippen MR) is 100 cm³/mol. The summed E-state index contributed by atoms with van der Waals surface area (Å²) in [6.07, 6.45) is -3.44. The Morgan fingerprint density at radius 1 is 1.04 bits per heavy atom. The topological polar surface area (TPSA) is 35.6 Å². The van der Waals surface area contributed by atoms with Gasteiger partial charge in [0.25, 0.3) is 0 Å². The fourth-order valence-electron chi connectivity index (χ4n) is 3.09. The van der Waals surface area contributed by atoms with Crippen LogP contribution in [0.4, 0.5) is 29.3 Å². The van der Waals surface area contributed by atoms with Gasteiger partial charge in [-0.25, -0.2) is 4.79 Å². The minimum absolute atomic E-state index is 0.146. The molecule has 7 heteroatoms. The molecule has 1 heterocycles. The van der Waals surface area contributed by atoms with E-state index in [1.54, 1.807) is 4.90 Å². The molecular formula is C20H22F3N3O. The molecule has 1 N–H and O–H groups in total. The van der Waals surface area contributed by atoms with Crippen molar-refractivity contribution in [2.24, 2.45) is 0 Å². The predicted octanol–water partition coefficient (Wildman–Crippen LogP) is 4.62. The second-order valence-electron chi connectivity index (χ2n) is 6.50. The van der Waals surface area contributed by atoms with Crippen molar-refractivity contribution in [3.8, 4) is 0 Å². The number of nitrogens with zero attached hydrogens (tertiary/aromatic N) is 2. The van der Waals surface area contributed by atoms with Crippen LogP contribution >= 0.6 is 0 Å². The van der Waals surface area contributed by atoms with Crippen molar-refractivity contribution < 1.29 is 18.0 Å². The maximum atomic E-state index is 12.8. The third-order valence-corrected chi connectivity index (χ3v) is 4.72. The number of aryl methyl sites for hydroxylation is 1. The molecule has 0 bridgehead atoms. The van der Waals surface area contributed by atoms with Gasteiger partial charge in [-0.15, -0.1) is 0 Å². The fourth-order valence-corrected chi connectivity index (χ4v) is 3.09. The second kappa shape index (κ2) is 7.90. The van der Waals surface area contributed by atoms with Gasteiger partial charge in [0.2, 0.25) is 0 Å². The number of anilines is 2. The molecule has 2 amide bonds. The zero-order valence-corrected chi connectivity index (χ0v) is 15.1. The first-order valence-corrected chi connectivity index (χ1v) is 8.94. The average molecular weight is 377 g/mol. The zero-order chi connectivity index (χ0) is 19.4. The van der Waals surface area contributed by atoms with Crippen LogP contribution in [0.25, 0.3) is 0 Å². The maximum absolute atomic E-state index is 12.8. The van der Waals surface area contributed by atoms with E-state index in [2.05, 4.69) is 41.4 Å². The highest BCUT2D eigenvalue weighted by Gasteiger charge is 2.30. The number of urea groups is 1. The van der Waals surface area contributed by atoms with Gasteiger partial charge in [-0.3, -0.25) is 0 Å². The van der Waals surface area contributed by atoms with Crippen molar-refractivity contribution in [3.63, 3.8) is 0 Å². The van der Waals surface area contributed by atoms with E-state index in [0.717, 1.165) is 24.2 Å². The first-order chi connectivity index (χ1) is 12.9. The highest BCUT2D eigenvalue weighted by molar-refractivity contribution is 5.89. The van der Waals surface area contributed by atoms with E-state index in [4.69, 9.17) is 0 Å². The van der Waals surface area contributed by atoms with Crippen molar-refractivity contribution in [1.82, 2.24) is 4.90 Å². The van der Waals surface area contributed by atoms with Gasteiger partial charge in [-0.05, 0) is 42.3 Å². The lowest BCUT2D eigenvalue weighted by molar-refractivity contribution is -0.137. The molecule has 0 aliphatic carbocycles. The SMILES string of the molecule is CCc1ccc(N2CCN(C(=O)Nc3cccc(C(F)(F)F)c3)CC2)cc1. The fraction of sp³-hybridized carbons (Fsp3) is 0.350. The van der Waals surface area contributed by atoms with Crippen LogP contribution < -0.4 is 10.2 Å². The Hall–Kier alpha value is -2.70. The minimum atomic E-state index is -4.43. The monoisotopic (exact) mass is 377 g/mol. The van der Waals surface area contributed by atoms with Crippen LogP contribution in [0.2, 0.25) is 0 Å². The number of amides is 2. The van der Waals surface area contributed by atoms with Gasteiger partial charge >= 0.3 is 12.2 Å². The van der Waals surface area contributed by atoms with Crippen LogP contribution in [0.3, 0.4) is 0 Å². The highest BCUT2D eigenvalue weighted by atomic mass is 19.4. The number of benzene rings is 2. The molecule has 1 aliphatic rings. The molecule has 0 saturated carbocycles. The molecule has 0 atom stereocenters. The van der Waals surface area contributed by atoms with Gasteiger partial charge in [0.05, 0.1) is 5.56 Å². The summed E-state index contributed by atoms with van der Waals surface area (Å²) in [5.41, 5.74) is 1.76. The molecule has 0 unspecified atom stereocenters. The smallest absolute Gasteiger partial charge is 0.368 e. The Morgan fingerprint density at radius 2 is 1.70 bits per heavy atom. The molecule has 3 rings (SSSR count). The van der Waals surface area contributed by atoms with Crippen molar-refractivity contribution in [1.29, 1.82) is 0 Å². The molecule has 1 saturated heterocycles. The van der Waals surface area contributed by atoms with Crippen molar-refractivity contribution in [3.05, 3.63) is 59.7 Å². The van der Waals surface area contributed by atoms with E-state index in [-0.39, 0.29) is 11.7 Å². The summed E-state index contributed by atoms with van der Waals surface area (Å²) in [6, 6.07) is 12.7. The molecule has 0 aromatic heterocycles. The molecule has 2 aromatic rings. The Balaban J connectivity index is 1.57. The summed E-state index contributed by atoms with van der Waals surface area (Å²) in [5.74, 6) is 0. The first kappa shape index (κ1) is 19.1. The van der Waals surface area contributed by atoms with E-state index in [9.17, 15) is 18.0 Å². The molecule has 4 nitrogen and oxygen atoms in total. The molecule has 2 aromatic carbocycles. The summed E-state index contributed by atoms with van der Waals surface area (Å²) in [4.78, 5) is 16.2. The standard InChI is InChI=1S/C20H22F3N3O/c1-2-15-6-8-18(9-7-15)25-10-12-26(13-11-25)19(27)24-17-5-3-4-16(14-17)20(21,22)23/h3-9,14H,2,10-13H2,1H3,(H,24,27). The van der Waals surface area contributed by atoms with Gasteiger partial charge in [-0.2, -0.15) is 13.2 Å². The number of alkyl halides is 3. The number of rotatable bonds is 3. The van der Waals surface area contributed by atoms with E-state index in [1.165, 1.54) is 17.7 Å². The van der Waals surface area contributed by atoms with Crippen LogP contribution in [0.5, 0.6) is 0 Å². The van der Waals surface area contributed by atoms with Crippen molar-refractivity contribution >= 4 is 17.4 Å². The van der Waals surface area contributed by atoms with Gasteiger partial charge < -0.3 is 15.1 Å². The number of hydrogen-bond donors (Lipinski definition) is 1. The number of carbonyl (C=O) groups is 1. The Morgan fingerprint density at radius 3 is 2.30 bits per heavy atom. The van der Waals surface area contributed by atoms with Crippen molar-refractivity contribution in [2.45, 2.75) is 19.5 Å². The molecule has 144 valence electrons. The summed E-state index contributed by atoms with van der Waals surface area (Å²) in [5, 5.41) is 2.56. The van der Waals surface area contributed by atoms with Gasteiger partial charge in [0, 0.05) is 37.6 Å².